The quantitative estimate of drug-likeness (QED) is 0.0261. The van der Waals surface area contributed by atoms with Crippen LogP contribution in [-0.4, -0.2) is 37.2 Å². The van der Waals surface area contributed by atoms with Gasteiger partial charge in [-0.1, -0.05) is 360 Å². The van der Waals surface area contributed by atoms with Crippen molar-refractivity contribution in [2.75, 3.05) is 13.2 Å². The molecule has 0 saturated carbocycles. The molecule has 79 heavy (non-hydrogen) atoms. The van der Waals surface area contributed by atoms with Crippen LogP contribution >= 0.6 is 0 Å². The molecule has 0 radical (unpaired) electrons. The molecular weight excluding hydrogens is 973 g/mol. The summed E-state index contributed by atoms with van der Waals surface area (Å²) in [7, 11) is 0. The van der Waals surface area contributed by atoms with Crippen molar-refractivity contribution >= 4 is 17.9 Å². The van der Waals surface area contributed by atoms with E-state index in [-0.39, 0.29) is 31.1 Å². The van der Waals surface area contributed by atoms with Gasteiger partial charge in [-0.25, -0.2) is 0 Å². The standard InChI is InChI=1S/C73H138O6/c1-4-7-10-13-15-17-19-21-23-25-27-29-31-32-33-34-35-36-37-38-39-40-42-43-45-47-49-51-53-55-57-60-63-66-72(75)78-69-70(68-77-71(74)65-62-59-12-9-6-3)79-73(76)67-64-61-58-56-54-52-50-48-46-44-41-30-28-26-24-22-20-18-16-14-11-8-5-2/h19,21,25,27,70H,4-18,20,22-24,26,28-69H2,1-3H3/b21-19-,27-25-. The third-order valence-electron chi connectivity index (χ3n) is 16.5. The van der Waals surface area contributed by atoms with E-state index in [1.54, 1.807) is 0 Å². The Morgan fingerprint density at radius 2 is 0.456 bits per heavy atom. The summed E-state index contributed by atoms with van der Waals surface area (Å²) in [5, 5.41) is 0. The molecule has 0 spiro atoms. The number of esters is 3. The molecule has 1 atom stereocenters. The zero-order valence-corrected chi connectivity index (χ0v) is 53.7. The molecule has 0 aliphatic heterocycles. The van der Waals surface area contributed by atoms with Gasteiger partial charge in [-0.2, -0.15) is 0 Å². The van der Waals surface area contributed by atoms with Gasteiger partial charge in [0.2, 0.25) is 0 Å². The van der Waals surface area contributed by atoms with Gasteiger partial charge >= 0.3 is 17.9 Å². The van der Waals surface area contributed by atoms with Crippen LogP contribution in [0, 0.1) is 0 Å². The molecule has 0 aliphatic rings. The molecule has 0 aliphatic carbocycles. The highest BCUT2D eigenvalue weighted by molar-refractivity contribution is 5.71. The van der Waals surface area contributed by atoms with Crippen LogP contribution < -0.4 is 0 Å². The third kappa shape index (κ3) is 66.6. The minimum Gasteiger partial charge on any atom is -0.462 e. The number of ether oxygens (including phenoxy) is 3. The van der Waals surface area contributed by atoms with Crippen molar-refractivity contribution in [1.82, 2.24) is 0 Å². The highest BCUT2D eigenvalue weighted by Crippen LogP contribution is 2.19. The van der Waals surface area contributed by atoms with E-state index in [4.69, 9.17) is 14.2 Å². The second kappa shape index (κ2) is 68.4. The number of rotatable bonds is 67. The summed E-state index contributed by atoms with van der Waals surface area (Å²) in [6, 6.07) is 0. The fourth-order valence-electron chi connectivity index (χ4n) is 11.1. The smallest absolute Gasteiger partial charge is 0.306 e. The van der Waals surface area contributed by atoms with E-state index in [9.17, 15) is 14.4 Å². The van der Waals surface area contributed by atoms with Gasteiger partial charge in [0.05, 0.1) is 0 Å². The van der Waals surface area contributed by atoms with Crippen molar-refractivity contribution < 1.29 is 28.6 Å². The molecule has 6 nitrogen and oxygen atoms in total. The van der Waals surface area contributed by atoms with Crippen molar-refractivity contribution in [2.45, 2.75) is 412 Å². The lowest BCUT2D eigenvalue weighted by Crippen LogP contribution is -2.30. The van der Waals surface area contributed by atoms with Gasteiger partial charge in [0, 0.05) is 19.3 Å². The van der Waals surface area contributed by atoms with Crippen molar-refractivity contribution in [3.8, 4) is 0 Å². The summed E-state index contributed by atoms with van der Waals surface area (Å²) in [6.07, 6.45) is 84.2. The zero-order chi connectivity index (χ0) is 57.1. The molecule has 0 bridgehead atoms. The molecule has 0 heterocycles. The Bertz CT molecular complexity index is 1270. The minimum absolute atomic E-state index is 0.0645. The average molecular weight is 1110 g/mol. The molecule has 6 heteroatoms. The first-order chi connectivity index (χ1) is 39.0. The first-order valence-corrected chi connectivity index (χ1v) is 35.8. The van der Waals surface area contributed by atoms with Crippen molar-refractivity contribution in [2.24, 2.45) is 0 Å². The van der Waals surface area contributed by atoms with Crippen LogP contribution in [-0.2, 0) is 28.6 Å². The summed E-state index contributed by atoms with van der Waals surface area (Å²) < 4.78 is 16.8. The van der Waals surface area contributed by atoms with Gasteiger partial charge < -0.3 is 14.2 Å². The second-order valence-corrected chi connectivity index (χ2v) is 24.5. The fraction of sp³-hybridized carbons (Fsp3) is 0.904. The van der Waals surface area contributed by atoms with E-state index in [0.29, 0.717) is 19.3 Å². The molecule has 0 aromatic rings. The van der Waals surface area contributed by atoms with Crippen molar-refractivity contribution in [3.63, 3.8) is 0 Å². The fourth-order valence-corrected chi connectivity index (χ4v) is 11.1. The maximum absolute atomic E-state index is 12.9. The molecular formula is C73H138O6. The molecule has 0 saturated heterocycles. The van der Waals surface area contributed by atoms with Crippen LogP contribution in [0.3, 0.4) is 0 Å². The van der Waals surface area contributed by atoms with Gasteiger partial charge in [0.1, 0.15) is 13.2 Å². The number of allylic oxidation sites excluding steroid dienone is 4. The van der Waals surface area contributed by atoms with Crippen molar-refractivity contribution in [3.05, 3.63) is 24.3 Å². The Labute approximate surface area is 493 Å². The van der Waals surface area contributed by atoms with Crippen LogP contribution in [0.1, 0.15) is 406 Å². The number of hydrogen-bond donors (Lipinski definition) is 0. The molecule has 1 unspecified atom stereocenters. The van der Waals surface area contributed by atoms with Crippen LogP contribution in [0.25, 0.3) is 0 Å². The predicted molar refractivity (Wildman–Crippen MR) is 344 cm³/mol. The topological polar surface area (TPSA) is 78.9 Å². The highest BCUT2D eigenvalue weighted by Gasteiger charge is 2.19. The maximum atomic E-state index is 12.9. The lowest BCUT2D eigenvalue weighted by Gasteiger charge is -2.18. The summed E-state index contributed by atoms with van der Waals surface area (Å²) in [6.45, 7) is 6.62. The van der Waals surface area contributed by atoms with E-state index in [1.165, 1.54) is 295 Å². The minimum atomic E-state index is -0.763. The number of carbonyl (C=O) groups excluding carboxylic acids is 3. The Balaban J connectivity index is 3.88. The Morgan fingerprint density at radius 1 is 0.253 bits per heavy atom. The van der Waals surface area contributed by atoms with E-state index >= 15 is 0 Å². The largest absolute Gasteiger partial charge is 0.462 e. The summed E-state index contributed by atoms with van der Waals surface area (Å²) >= 11 is 0. The second-order valence-electron chi connectivity index (χ2n) is 24.5. The summed E-state index contributed by atoms with van der Waals surface area (Å²) in [5.74, 6) is -0.849. The Kier molecular flexibility index (Phi) is 66.6. The zero-order valence-electron chi connectivity index (χ0n) is 53.7. The van der Waals surface area contributed by atoms with E-state index < -0.39 is 6.10 Å². The Hall–Kier alpha value is -2.11. The number of hydrogen-bond acceptors (Lipinski definition) is 6. The monoisotopic (exact) mass is 1110 g/mol. The van der Waals surface area contributed by atoms with Crippen LogP contribution in [0.15, 0.2) is 24.3 Å². The highest BCUT2D eigenvalue weighted by atomic mass is 16.6. The lowest BCUT2D eigenvalue weighted by atomic mass is 10.0. The van der Waals surface area contributed by atoms with Gasteiger partial charge in [0.15, 0.2) is 6.10 Å². The molecule has 0 amide bonds. The molecule has 0 aromatic carbocycles. The van der Waals surface area contributed by atoms with E-state index in [2.05, 4.69) is 45.1 Å². The van der Waals surface area contributed by atoms with E-state index in [1.807, 2.05) is 0 Å². The summed E-state index contributed by atoms with van der Waals surface area (Å²) in [4.78, 5) is 38.0. The van der Waals surface area contributed by atoms with Crippen LogP contribution in [0.2, 0.25) is 0 Å². The Morgan fingerprint density at radius 3 is 0.696 bits per heavy atom. The summed E-state index contributed by atoms with van der Waals surface area (Å²) in [5.41, 5.74) is 0. The van der Waals surface area contributed by atoms with E-state index in [0.717, 1.165) is 70.6 Å². The normalized spacial score (nSPS) is 12.1. The predicted octanol–water partition coefficient (Wildman–Crippen LogP) is 24.6. The number of unbranched alkanes of at least 4 members (excludes halogenated alkanes) is 52. The molecule has 0 N–H and O–H groups in total. The molecule has 0 fully saturated rings. The van der Waals surface area contributed by atoms with Gasteiger partial charge in [-0.05, 0) is 51.4 Å². The number of carbonyl (C=O) groups is 3. The van der Waals surface area contributed by atoms with Crippen LogP contribution in [0.4, 0.5) is 0 Å². The van der Waals surface area contributed by atoms with Crippen LogP contribution in [0.5, 0.6) is 0 Å². The maximum Gasteiger partial charge on any atom is 0.306 e. The van der Waals surface area contributed by atoms with Crippen molar-refractivity contribution in [1.29, 1.82) is 0 Å². The average Bonchev–Trinajstić information content (AvgIpc) is 3.45. The lowest BCUT2D eigenvalue weighted by molar-refractivity contribution is -0.167. The van der Waals surface area contributed by atoms with Gasteiger partial charge in [-0.15, -0.1) is 0 Å². The first kappa shape index (κ1) is 76.9. The van der Waals surface area contributed by atoms with Gasteiger partial charge in [0.25, 0.3) is 0 Å². The van der Waals surface area contributed by atoms with Gasteiger partial charge in [-0.3, -0.25) is 14.4 Å². The third-order valence-corrected chi connectivity index (χ3v) is 16.5. The molecule has 0 aromatic heterocycles. The SMILES string of the molecule is CCCCCCC/C=C\C/C=C\CCCCCCCCCCCCCCCCCCCCCCCC(=O)OCC(COC(=O)CCCCCCC)OC(=O)CCCCCCCCCCCCCCCCCCCCCCCCC. The molecule has 0 rings (SSSR count). The first-order valence-electron chi connectivity index (χ1n) is 35.8. The molecule has 466 valence electrons.